The molecule has 1 aromatic carbocycles. The van der Waals surface area contributed by atoms with Crippen molar-refractivity contribution >= 4 is 34.0 Å². The fraction of sp³-hybridized carbons (Fsp3) is 0.316. The van der Waals surface area contributed by atoms with Crippen molar-refractivity contribution < 1.29 is 18.7 Å². The van der Waals surface area contributed by atoms with Crippen LogP contribution in [0.25, 0.3) is 0 Å². The van der Waals surface area contributed by atoms with Crippen LogP contribution in [0.2, 0.25) is 0 Å². The Kier molecular flexibility index (Phi) is 5.78. The minimum Gasteiger partial charge on any atom is -0.459 e. The van der Waals surface area contributed by atoms with E-state index in [-0.39, 0.29) is 30.1 Å². The summed E-state index contributed by atoms with van der Waals surface area (Å²) < 4.78 is 19.3. The third-order valence-corrected chi connectivity index (χ3v) is 4.94. The molecule has 7 heteroatoms. The molecule has 136 valence electrons. The van der Waals surface area contributed by atoms with Crippen molar-refractivity contribution in [1.29, 1.82) is 0 Å². The van der Waals surface area contributed by atoms with E-state index in [0.717, 1.165) is 12.8 Å². The van der Waals surface area contributed by atoms with Crippen molar-refractivity contribution in [3.63, 3.8) is 0 Å². The number of aromatic nitrogens is 1. The Bertz CT molecular complexity index is 834. The van der Waals surface area contributed by atoms with E-state index in [1.54, 1.807) is 17.5 Å². The molecule has 2 aromatic rings. The number of rotatable bonds is 6. The van der Waals surface area contributed by atoms with Gasteiger partial charge in [0.2, 0.25) is 5.91 Å². The van der Waals surface area contributed by atoms with Crippen LogP contribution in [0.5, 0.6) is 0 Å². The average Bonchev–Trinajstić information content (AvgIpc) is 3.27. The lowest BCUT2D eigenvalue weighted by atomic mass is 10.1. The highest BCUT2D eigenvalue weighted by Crippen LogP contribution is 2.31. The number of carbonyl (C=O) groups excluding carboxylic acids is 2. The van der Waals surface area contributed by atoms with Gasteiger partial charge in [0.15, 0.2) is 5.13 Å². The summed E-state index contributed by atoms with van der Waals surface area (Å²) in [6.45, 7) is 1.39. The quantitative estimate of drug-likeness (QED) is 0.557. The summed E-state index contributed by atoms with van der Waals surface area (Å²) in [7, 11) is 0. The molecule has 0 spiro atoms. The number of anilines is 2. The molecule has 1 heterocycles. The topological polar surface area (TPSA) is 59.5 Å². The van der Waals surface area contributed by atoms with E-state index in [0.29, 0.717) is 17.2 Å². The molecule has 1 amide bonds. The van der Waals surface area contributed by atoms with Crippen LogP contribution in [-0.4, -0.2) is 16.9 Å². The molecular weight excluding hydrogens is 355 g/mol. The van der Waals surface area contributed by atoms with Gasteiger partial charge >= 0.3 is 5.97 Å². The minimum atomic E-state index is -0.504. The standard InChI is InChI=1S/C19H19FN2O3S/c1-13(23)22(17-9-5-4-8-16(17)20)19-21-15(12-26-19)11-25-18(24)10-14-6-2-3-7-14/h2,4-6,8-9,12,14H,3,7,10-11H2,1H3. The SMILES string of the molecule is CC(=O)N(c1nc(COC(=O)CC2C=CCC2)cs1)c1ccccc1F. The van der Waals surface area contributed by atoms with E-state index in [4.69, 9.17) is 4.74 Å². The number of esters is 1. The van der Waals surface area contributed by atoms with Crippen LogP contribution < -0.4 is 4.90 Å². The number of allylic oxidation sites excluding steroid dienone is 2. The maximum atomic E-state index is 14.0. The van der Waals surface area contributed by atoms with Crippen LogP contribution in [0, 0.1) is 11.7 Å². The molecule has 5 nitrogen and oxygen atoms in total. The average molecular weight is 374 g/mol. The molecule has 1 aliphatic carbocycles. The first-order valence-corrected chi connectivity index (χ1v) is 9.24. The zero-order chi connectivity index (χ0) is 18.5. The number of ether oxygens (including phenoxy) is 1. The van der Waals surface area contributed by atoms with Gasteiger partial charge in [-0.3, -0.25) is 14.5 Å². The van der Waals surface area contributed by atoms with Crippen molar-refractivity contribution in [3.05, 3.63) is 53.3 Å². The molecule has 0 bridgehead atoms. The largest absolute Gasteiger partial charge is 0.459 e. The summed E-state index contributed by atoms with van der Waals surface area (Å²) >= 11 is 1.20. The third kappa shape index (κ3) is 4.35. The fourth-order valence-electron chi connectivity index (χ4n) is 2.80. The van der Waals surface area contributed by atoms with Gasteiger partial charge in [-0.1, -0.05) is 24.3 Å². The maximum Gasteiger partial charge on any atom is 0.306 e. The lowest BCUT2D eigenvalue weighted by molar-refractivity contribution is -0.145. The zero-order valence-corrected chi connectivity index (χ0v) is 15.2. The van der Waals surface area contributed by atoms with Gasteiger partial charge in [-0.15, -0.1) is 11.3 Å². The summed E-state index contributed by atoms with van der Waals surface area (Å²) in [6, 6.07) is 6.03. The number of hydrogen-bond donors (Lipinski definition) is 0. The molecule has 0 saturated heterocycles. The Balaban J connectivity index is 1.66. The van der Waals surface area contributed by atoms with Crippen molar-refractivity contribution in [2.75, 3.05) is 4.90 Å². The normalized spacial score (nSPS) is 15.8. The third-order valence-electron chi connectivity index (χ3n) is 4.06. The van der Waals surface area contributed by atoms with Crippen molar-refractivity contribution in [2.45, 2.75) is 32.8 Å². The van der Waals surface area contributed by atoms with Gasteiger partial charge < -0.3 is 4.74 Å². The number of benzene rings is 1. The molecule has 0 fully saturated rings. The van der Waals surface area contributed by atoms with Gasteiger partial charge in [-0.25, -0.2) is 9.37 Å². The molecule has 1 unspecified atom stereocenters. The summed E-state index contributed by atoms with van der Waals surface area (Å²) in [6.07, 6.45) is 6.46. The number of thiazole rings is 1. The number of hydrogen-bond acceptors (Lipinski definition) is 5. The highest BCUT2D eigenvalue weighted by molar-refractivity contribution is 7.14. The Morgan fingerprint density at radius 3 is 2.88 bits per heavy atom. The predicted molar refractivity (Wildman–Crippen MR) is 97.6 cm³/mol. The summed E-state index contributed by atoms with van der Waals surface area (Å²) in [4.78, 5) is 29.4. The lowest BCUT2D eigenvalue weighted by Gasteiger charge is -2.18. The Morgan fingerprint density at radius 1 is 1.38 bits per heavy atom. The van der Waals surface area contributed by atoms with Crippen LogP contribution in [0.15, 0.2) is 41.8 Å². The van der Waals surface area contributed by atoms with Gasteiger partial charge in [0.25, 0.3) is 0 Å². The van der Waals surface area contributed by atoms with E-state index in [2.05, 4.69) is 11.1 Å². The number of carbonyl (C=O) groups is 2. The van der Waals surface area contributed by atoms with Crippen LogP contribution in [0.3, 0.4) is 0 Å². The lowest BCUT2D eigenvalue weighted by Crippen LogP contribution is -2.23. The Labute approximate surface area is 155 Å². The second-order valence-corrected chi connectivity index (χ2v) is 6.89. The molecule has 0 saturated carbocycles. The molecule has 1 aromatic heterocycles. The second kappa shape index (κ2) is 8.23. The van der Waals surface area contributed by atoms with Gasteiger partial charge in [0.05, 0.1) is 17.8 Å². The van der Waals surface area contributed by atoms with Crippen molar-refractivity contribution in [2.24, 2.45) is 5.92 Å². The summed E-state index contributed by atoms with van der Waals surface area (Å²) in [5, 5.41) is 2.04. The molecule has 0 aliphatic heterocycles. The Morgan fingerprint density at radius 2 is 2.19 bits per heavy atom. The van der Waals surface area contributed by atoms with Crippen LogP contribution in [-0.2, 0) is 20.9 Å². The van der Waals surface area contributed by atoms with Gasteiger partial charge in [-0.05, 0) is 30.9 Å². The predicted octanol–water partition coefficient (Wildman–Crippen LogP) is 4.37. The minimum absolute atomic E-state index is 0.0365. The van der Waals surface area contributed by atoms with E-state index in [1.165, 1.54) is 35.3 Å². The Hall–Kier alpha value is -2.54. The highest BCUT2D eigenvalue weighted by atomic mass is 32.1. The monoisotopic (exact) mass is 374 g/mol. The first-order chi connectivity index (χ1) is 12.5. The van der Waals surface area contributed by atoms with Crippen molar-refractivity contribution in [3.8, 4) is 0 Å². The van der Waals surface area contributed by atoms with Crippen LogP contribution in [0.1, 0.15) is 31.9 Å². The molecular formula is C19H19FN2O3S. The molecule has 1 aliphatic rings. The first kappa shape index (κ1) is 18.3. The van der Waals surface area contributed by atoms with Crippen LogP contribution in [0.4, 0.5) is 15.2 Å². The highest BCUT2D eigenvalue weighted by Gasteiger charge is 2.21. The van der Waals surface area contributed by atoms with Crippen LogP contribution >= 0.6 is 11.3 Å². The van der Waals surface area contributed by atoms with E-state index in [9.17, 15) is 14.0 Å². The molecule has 0 radical (unpaired) electrons. The smallest absolute Gasteiger partial charge is 0.306 e. The fourth-order valence-corrected chi connectivity index (χ4v) is 3.66. The van der Waals surface area contributed by atoms with Gasteiger partial charge in [-0.2, -0.15) is 0 Å². The zero-order valence-electron chi connectivity index (χ0n) is 14.4. The molecule has 3 rings (SSSR count). The van der Waals surface area contributed by atoms with E-state index < -0.39 is 5.82 Å². The van der Waals surface area contributed by atoms with Gasteiger partial charge in [0.1, 0.15) is 12.4 Å². The maximum absolute atomic E-state index is 14.0. The number of halogens is 1. The summed E-state index contributed by atoms with van der Waals surface area (Å²) in [5.41, 5.74) is 0.675. The molecule has 1 atom stereocenters. The molecule has 26 heavy (non-hydrogen) atoms. The first-order valence-electron chi connectivity index (χ1n) is 8.36. The summed E-state index contributed by atoms with van der Waals surface area (Å²) in [5.74, 6) is -0.868. The van der Waals surface area contributed by atoms with E-state index >= 15 is 0 Å². The number of para-hydroxylation sites is 1. The number of amides is 1. The molecule has 0 N–H and O–H groups in total. The van der Waals surface area contributed by atoms with Gasteiger partial charge in [0, 0.05) is 12.3 Å². The second-order valence-electron chi connectivity index (χ2n) is 6.06. The number of nitrogens with zero attached hydrogens (tertiary/aromatic N) is 2. The van der Waals surface area contributed by atoms with Crippen molar-refractivity contribution in [1.82, 2.24) is 4.98 Å². The van der Waals surface area contributed by atoms with E-state index in [1.807, 2.05) is 6.08 Å².